The van der Waals surface area contributed by atoms with Crippen LogP contribution in [0.3, 0.4) is 0 Å². The van der Waals surface area contributed by atoms with E-state index in [1.807, 2.05) is 59.3 Å². The van der Waals surface area contributed by atoms with Crippen molar-refractivity contribution in [3.05, 3.63) is 68.2 Å². The van der Waals surface area contributed by atoms with E-state index in [1.54, 1.807) is 11.8 Å². The minimum Gasteiger partial charge on any atom is -0.302 e. The lowest BCUT2D eigenvalue weighted by atomic mass is 10.2. The van der Waals surface area contributed by atoms with E-state index < -0.39 is 0 Å². The Labute approximate surface area is 232 Å². The van der Waals surface area contributed by atoms with Gasteiger partial charge < -0.3 is 10.6 Å². The highest BCUT2D eigenvalue weighted by Gasteiger charge is 2.10. The van der Waals surface area contributed by atoms with Gasteiger partial charge in [0.15, 0.2) is 10.3 Å². The zero-order valence-corrected chi connectivity index (χ0v) is 23.9. The standard InChI is InChI=1S/C24H20Br2N4O2S3/c25-17-5-1-15(2-6-17)19-13-34-23(27-19)29-21(31)9-11-33-12-10-22(32)30-24-28-20(14-35-24)16-3-7-18(26)8-4-16/h1-8,13-14H,9-12H2,(H,27,29,31)(H,28,30,32). The summed E-state index contributed by atoms with van der Waals surface area (Å²) in [5, 5.41) is 10.7. The quantitative estimate of drug-likeness (QED) is 0.173. The summed E-state index contributed by atoms with van der Waals surface area (Å²) in [5.41, 5.74) is 3.67. The van der Waals surface area contributed by atoms with Crippen molar-refractivity contribution in [1.29, 1.82) is 0 Å². The average molecular weight is 652 g/mol. The fourth-order valence-corrected chi connectivity index (χ4v) is 5.83. The molecule has 2 heterocycles. The van der Waals surface area contributed by atoms with Gasteiger partial charge in [-0.15, -0.1) is 22.7 Å². The molecular formula is C24H20Br2N4O2S3. The number of rotatable bonds is 10. The molecule has 180 valence electrons. The number of thioether (sulfide) groups is 1. The first kappa shape index (κ1) is 26.0. The lowest BCUT2D eigenvalue weighted by Crippen LogP contribution is -2.13. The molecule has 0 fully saturated rings. The highest BCUT2D eigenvalue weighted by Crippen LogP contribution is 2.27. The maximum Gasteiger partial charge on any atom is 0.226 e. The fourth-order valence-electron chi connectivity index (χ4n) is 2.96. The van der Waals surface area contributed by atoms with Gasteiger partial charge in [-0.2, -0.15) is 11.8 Å². The van der Waals surface area contributed by atoms with Crippen molar-refractivity contribution >= 4 is 88.4 Å². The number of thiazole rings is 2. The van der Waals surface area contributed by atoms with E-state index in [1.165, 1.54) is 22.7 Å². The summed E-state index contributed by atoms with van der Waals surface area (Å²) in [6.45, 7) is 0. The normalized spacial score (nSPS) is 10.8. The number of hydrogen-bond acceptors (Lipinski definition) is 7. The van der Waals surface area contributed by atoms with Crippen LogP contribution >= 0.6 is 66.3 Å². The van der Waals surface area contributed by atoms with Gasteiger partial charge in [0.2, 0.25) is 11.8 Å². The van der Waals surface area contributed by atoms with Crippen LogP contribution < -0.4 is 10.6 Å². The molecule has 0 atom stereocenters. The van der Waals surface area contributed by atoms with Crippen LogP contribution in [-0.4, -0.2) is 33.3 Å². The van der Waals surface area contributed by atoms with E-state index in [2.05, 4.69) is 52.5 Å². The number of benzene rings is 2. The second-order valence-corrected chi connectivity index (χ2v) is 12.1. The number of nitrogens with one attached hydrogen (secondary N) is 2. The lowest BCUT2D eigenvalue weighted by molar-refractivity contribution is -0.116. The molecular weight excluding hydrogens is 632 g/mol. The summed E-state index contributed by atoms with van der Waals surface area (Å²) in [6.07, 6.45) is 0.727. The fraction of sp³-hybridized carbons (Fsp3) is 0.167. The van der Waals surface area contributed by atoms with Crippen molar-refractivity contribution in [3.8, 4) is 22.5 Å². The third kappa shape index (κ3) is 7.97. The van der Waals surface area contributed by atoms with E-state index in [-0.39, 0.29) is 11.8 Å². The number of amides is 2. The third-order valence-corrected chi connectivity index (χ3v) is 8.29. The Balaban J connectivity index is 1.13. The molecule has 4 aromatic rings. The molecule has 0 aliphatic carbocycles. The van der Waals surface area contributed by atoms with Gasteiger partial charge in [0, 0.05) is 55.2 Å². The van der Waals surface area contributed by atoms with Crippen LogP contribution in [0.5, 0.6) is 0 Å². The van der Waals surface area contributed by atoms with E-state index >= 15 is 0 Å². The molecule has 11 heteroatoms. The molecule has 0 saturated carbocycles. The van der Waals surface area contributed by atoms with Gasteiger partial charge in [0.1, 0.15) is 0 Å². The molecule has 6 nitrogen and oxygen atoms in total. The number of aromatic nitrogens is 2. The zero-order valence-electron chi connectivity index (χ0n) is 18.3. The zero-order chi connectivity index (χ0) is 24.6. The van der Waals surface area contributed by atoms with Crippen molar-refractivity contribution < 1.29 is 9.59 Å². The molecule has 0 aliphatic rings. The highest BCUT2D eigenvalue weighted by atomic mass is 79.9. The van der Waals surface area contributed by atoms with E-state index in [9.17, 15) is 9.59 Å². The van der Waals surface area contributed by atoms with Gasteiger partial charge in [0.05, 0.1) is 11.4 Å². The summed E-state index contributed by atoms with van der Waals surface area (Å²) < 4.78 is 2.02. The molecule has 0 unspecified atom stereocenters. The molecule has 2 amide bonds. The SMILES string of the molecule is O=C(CCSCCC(=O)Nc1nc(-c2ccc(Br)cc2)cs1)Nc1nc(-c2ccc(Br)cc2)cs1. The Morgan fingerprint density at radius 1 is 0.714 bits per heavy atom. The Morgan fingerprint density at radius 2 is 1.11 bits per heavy atom. The number of carbonyl (C=O) groups is 2. The first-order valence-electron chi connectivity index (χ1n) is 10.6. The number of carbonyl (C=O) groups excluding carboxylic acids is 2. The number of halogens is 2. The van der Waals surface area contributed by atoms with Crippen LogP contribution in [0.25, 0.3) is 22.5 Å². The Bertz CT molecular complexity index is 1190. The molecule has 4 rings (SSSR count). The Morgan fingerprint density at radius 3 is 1.51 bits per heavy atom. The molecule has 0 bridgehead atoms. The minimum atomic E-state index is -0.0816. The topological polar surface area (TPSA) is 84.0 Å². The van der Waals surface area contributed by atoms with Crippen LogP contribution in [0, 0.1) is 0 Å². The largest absolute Gasteiger partial charge is 0.302 e. The highest BCUT2D eigenvalue weighted by molar-refractivity contribution is 9.10. The molecule has 2 aromatic carbocycles. The molecule has 0 radical (unpaired) electrons. The van der Waals surface area contributed by atoms with Crippen molar-refractivity contribution in [2.75, 3.05) is 22.1 Å². The number of hydrogen-bond donors (Lipinski definition) is 2. The van der Waals surface area contributed by atoms with Crippen molar-refractivity contribution in [2.45, 2.75) is 12.8 Å². The predicted molar refractivity (Wildman–Crippen MR) is 154 cm³/mol. The summed E-state index contributed by atoms with van der Waals surface area (Å²) >= 11 is 11.2. The summed E-state index contributed by atoms with van der Waals surface area (Å²) in [4.78, 5) is 33.4. The van der Waals surface area contributed by atoms with Gasteiger partial charge in [-0.3, -0.25) is 9.59 Å². The van der Waals surface area contributed by atoms with E-state index in [0.717, 1.165) is 31.5 Å². The van der Waals surface area contributed by atoms with Crippen molar-refractivity contribution in [2.24, 2.45) is 0 Å². The predicted octanol–water partition coefficient (Wildman–Crippen LogP) is 7.55. The first-order chi connectivity index (χ1) is 17.0. The van der Waals surface area contributed by atoms with Crippen LogP contribution in [0.1, 0.15) is 12.8 Å². The average Bonchev–Trinajstić information content (AvgIpc) is 3.50. The van der Waals surface area contributed by atoms with E-state index in [0.29, 0.717) is 34.6 Å². The summed E-state index contributed by atoms with van der Waals surface area (Å²) in [6, 6.07) is 15.8. The Kier molecular flexibility index (Phi) is 9.50. The van der Waals surface area contributed by atoms with Crippen LogP contribution in [0.4, 0.5) is 10.3 Å². The van der Waals surface area contributed by atoms with Crippen LogP contribution in [0.15, 0.2) is 68.2 Å². The maximum atomic E-state index is 12.2. The lowest BCUT2D eigenvalue weighted by Gasteiger charge is -2.03. The van der Waals surface area contributed by atoms with E-state index in [4.69, 9.17) is 0 Å². The smallest absolute Gasteiger partial charge is 0.226 e. The first-order valence-corrected chi connectivity index (χ1v) is 15.1. The second-order valence-electron chi connectivity index (χ2n) is 7.30. The van der Waals surface area contributed by atoms with Crippen LogP contribution in [-0.2, 0) is 9.59 Å². The monoisotopic (exact) mass is 650 g/mol. The second kappa shape index (κ2) is 12.8. The Hall–Kier alpha value is -2.05. The summed E-state index contributed by atoms with van der Waals surface area (Å²) in [5.74, 6) is 1.10. The molecule has 2 N–H and O–H groups in total. The number of nitrogens with zero attached hydrogens (tertiary/aromatic N) is 2. The minimum absolute atomic E-state index is 0.0816. The molecule has 2 aromatic heterocycles. The van der Waals surface area contributed by atoms with Gasteiger partial charge in [0.25, 0.3) is 0 Å². The molecule has 0 saturated heterocycles. The molecule has 0 aliphatic heterocycles. The van der Waals surface area contributed by atoms with Gasteiger partial charge in [-0.1, -0.05) is 56.1 Å². The van der Waals surface area contributed by atoms with Gasteiger partial charge >= 0.3 is 0 Å². The van der Waals surface area contributed by atoms with Gasteiger partial charge in [-0.05, 0) is 24.3 Å². The van der Waals surface area contributed by atoms with Crippen molar-refractivity contribution in [1.82, 2.24) is 9.97 Å². The third-order valence-electron chi connectivity index (χ3n) is 4.73. The summed E-state index contributed by atoms with van der Waals surface area (Å²) in [7, 11) is 0. The van der Waals surface area contributed by atoms with Crippen molar-refractivity contribution in [3.63, 3.8) is 0 Å². The maximum absolute atomic E-state index is 12.2. The van der Waals surface area contributed by atoms with Gasteiger partial charge in [-0.25, -0.2) is 9.97 Å². The number of anilines is 2. The van der Waals surface area contributed by atoms with Crippen LogP contribution in [0.2, 0.25) is 0 Å². The molecule has 35 heavy (non-hydrogen) atoms. The molecule has 0 spiro atoms.